The lowest BCUT2D eigenvalue weighted by molar-refractivity contribution is -0.139. The number of aryl methyl sites for hydroxylation is 3. The van der Waals surface area contributed by atoms with Crippen LogP contribution in [0, 0.1) is 44.4 Å². The second-order valence-corrected chi connectivity index (χ2v) is 10.2. The molecule has 2 saturated heterocycles. The molecule has 2 aliphatic heterocycles. The lowest BCUT2D eigenvalue weighted by atomic mass is 9.78. The number of esters is 1. The van der Waals surface area contributed by atoms with Crippen molar-refractivity contribution in [3.8, 4) is 5.75 Å². The smallest absolute Gasteiger partial charge is 0.316 e. The fraction of sp³-hybridized carbons (Fsp3) is 0.379. The Morgan fingerprint density at radius 2 is 1.72 bits per heavy atom. The number of nitrogens with zero attached hydrogens (tertiary/aromatic N) is 2. The highest BCUT2D eigenvalue weighted by Gasteiger charge is 2.50. The van der Waals surface area contributed by atoms with Crippen LogP contribution in [0.4, 0.5) is 11.4 Å². The van der Waals surface area contributed by atoms with Crippen molar-refractivity contribution in [2.24, 2.45) is 23.7 Å². The number of benzene rings is 2. The first-order valence-electron chi connectivity index (χ1n) is 12.4. The maximum atomic E-state index is 13.1. The van der Waals surface area contributed by atoms with Gasteiger partial charge >= 0.3 is 5.97 Å². The van der Waals surface area contributed by atoms with E-state index < -0.39 is 11.9 Å². The van der Waals surface area contributed by atoms with Crippen LogP contribution < -0.4 is 14.5 Å². The first-order chi connectivity index (χ1) is 17.2. The molecule has 0 bridgehead atoms. The van der Waals surface area contributed by atoms with Crippen molar-refractivity contribution in [3.05, 3.63) is 65.2 Å². The van der Waals surface area contributed by atoms with Crippen LogP contribution in [0.25, 0.3) is 0 Å². The molecule has 2 aromatic rings. The molecule has 7 heteroatoms. The molecule has 0 aromatic heterocycles. The van der Waals surface area contributed by atoms with Gasteiger partial charge in [0, 0.05) is 18.7 Å². The first kappa shape index (κ1) is 24.0. The molecule has 3 amide bonds. The maximum Gasteiger partial charge on any atom is 0.316 e. The number of carbonyl (C=O) groups excluding carboxylic acids is 4. The summed E-state index contributed by atoms with van der Waals surface area (Å²) in [5.41, 5.74) is 4.03. The van der Waals surface area contributed by atoms with E-state index in [0.717, 1.165) is 16.8 Å². The van der Waals surface area contributed by atoms with Crippen LogP contribution in [0.15, 0.2) is 48.6 Å². The van der Waals surface area contributed by atoms with Crippen molar-refractivity contribution in [1.82, 2.24) is 0 Å². The number of ether oxygens (including phenoxy) is 1. The van der Waals surface area contributed by atoms with Gasteiger partial charge in [0.15, 0.2) is 0 Å². The third kappa shape index (κ3) is 4.02. The Morgan fingerprint density at radius 3 is 2.44 bits per heavy atom. The number of amides is 3. The highest BCUT2D eigenvalue weighted by molar-refractivity contribution is 6.22. The van der Waals surface area contributed by atoms with E-state index in [9.17, 15) is 19.2 Å². The largest absolute Gasteiger partial charge is 0.426 e. The molecule has 5 rings (SSSR count). The summed E-state index contributed by atoms with van der Waals surface area (Å²) in [5, 5.41) is 0. The predicted molar refractivity (Wildman–Crippen MR) is 136 cm³/mol. The van der Waals surface area contributed by atoms with Gasteiger partial charge in [-0.2, -0.15) is 0 Å². The van der Waals surface area contributed by atoms with Gasteiger partial charge in [-0.05, 0) is 74.1 Å². The van der Waals surface area contributed by atoms with Crippen LogP contribution in [-0.4, -0.2) is 30.2 Å². The minimum absolute atomic E-state index is 0.0167. The number of imide groups is 1. The summed E-state index contributed by atoms with van der Waals surface area (Å²) in [6.45, 7) is 7.94. The number of hydrogen-bond donors (Lipinski definition) is 0. The highest BCUT2D eigenvalue weighted by Crippen LogP contribution is 2.41. The number of allylic oxidation sites excluding steroid dienone is 2. The van der Waals surface area contributed by atoms with Crippen LogP contribution in [0.2, 0.25) is 0 Å². The van der Waals surface area contributed by atoms with Crippen LogP contribution in [0.3, 0.4) is 0 Å². The van der Waals surface area contributed by atoms with Crippen LogP contribution in [0.5, 0.6) is 5.75 Å². The lowest BCUT2D eigenvalue weighted by Crippen LogP contribution is -2.32. The van der Waals surface area contributed by atoms with Gasteiger partial charge in [0.05, 0.1) is 23.4 Å². The Morgan fingerprint density at radius 1 is 0.944 bits per heavy atom. The maximum absolute atomic E-state index is 13.1. The van der Waals surface area contributed by atoms with Gasteiger partial charge < -0.3 is 9.64 Å². The standard InChI is InChI=1S/C29H30N2O5/c1-16-8-9-17(2)24(12-16)30-15-20(14-25(30)32)29(35)36-21-10-11-23(19(4)13-21)31-27(33)22-7-5-6-18(3)26(22)28(31)34/h5-6,8-13,18,20,22,26H,7,14-15H2,1-4H3/t18-,20+,22+,26-/m0/s1. The van der Waals surface area contributed by atoms with Gasteiger partial charge in [-0.15, -0.1) is 0 Å². The Bertz CT molecular complexity index is 1310. The third-order valence-electron chi connectivity index (χ3n) is 7.61. The molecular formula is C29H30N2O5. The van der Waals surface area contributed by atoms with Gasteiger partial charge in [0.1, 0.15) is 5.75 Å². The molecule has 3 aliphatic rings. The molecule has 0 radical (unpaired) electrons. The normalized spacial score (nSPS) is 25.5. The molecule has 7 nitrogen and oxygen atoms in total. The quantitative estimate of drug-likeness (QED) is 0.279. The monoisotopic (exact) mass is 486 g/mol. The number of rotatable bonds is 4. The van der Waals surface area contributed by atoms with E-state index >= 15 is 0 Å². The summed E-state index contributed by atoms with van der Waals surface area (Å²) in [5.74, 6) is -1.81. The minimum Gasteiger partial charge on any atom is -0.426 e. The van der Waals surface area contributed by atoms with E-state index in [1.165, 1.54) is 4.90 Å². The molecule has 186 valence electrons. The van der Waals surface area contributed by atoms with Crippen molar-refractivity contribution in [3.63, 3.8) is 0 Å². The van der Waals surface area contributed by atoms with E-state index in [4.69, 9.17) is 4.74 Å². The van der Waals surface area contributed by atoms with E-state index in [1.807, 2.05) is 51.1 Å². The molecule has 4 atom stereocenters. The van der Waals surface area contributed by atoms with Crippen molar-refractivity contribution >= 4 is 35.1 Å². The van der Waals surface area contributed by atoms with Crippen LogP contribution in [0.1, 0.15) is 36.5 Å². The topological polar surface area (TPSA) is 84.0 Å². The van der Waals surface area contributed by atoms with Gasteiger partial charge in [0.2, 0.25) is 17.7 Å². The molecule has 2 heterocycles. The van der Waals surface area contributed by atoms with Gasteiger partial charge in [-0.1, -0.05) is 31.2 Å². The second-order valence-electron chi connectivity index (χ2n) is 10.2. The van der Waals surface area contributed by atoms with E-state index in [2.05, 4.69) is 0 Å². The second kappa shape index (κ2) is 9.04. The SMILES string of the molecule is Cc1ccc(C)c(N2C[C@H](C(=O)Oc3ccc(N4C(=O)[C@H]5[C@@H](C)C=CC[C@H]5C4=O)c(C)c3)CC2=O)c1. The summed E-state index contributed by atoms with van der Waals surface area (Å²) < 4.78 is 5.63. The molecule has 2 fully saturated rings. The predicted octanol–water partition coefficient (Wildman–Crippen LogP) is 4.27. The molecular weight excluding hydrogens is 456 g/mol. The van der Waals surface area contributed by atoms with Crippen LogP contribution >= 0.6 is 0 Å². The summed E-state index contributed by atoms with van der Waals surface area (Å²) in [6, 6.07) is 10.8. The highest BCUT2D eigenvalue weighted by atomic mass is 16.5. The Balaban J connectivity index is 1.30. The van der Waals surface area contributed by atoms with Gasteiger partial charge in [-0.25, -0.2) is 4.90 Å². The summed E-state index contributed by atoms with van der Waals surface area (Å²) in [4.78, 5) is 54.7. The number of carbonyl (C=O) groups is 4. The third-order valence-corrected chi connectivity index (χ3v) is 7.61. The molecule has 1 aliphatic carbocycles. The van der Waals surface area contributed by atoms with Crippen molar-refractivity contribution in [1.29, 1.82) is 0 Å². The molecule has 0 spiro atoms. The Hall–Kier alpha value is -3.74. The molecule has 0 N–H and O–H groups in total. The van der Waals surface area contributed by atoms with Crippen LogP contribution in [-0.2, 0) is 19.2 Å². The Kier molecular flexibility index (Phi) is 6.02. The average Bonchev–Trinajstić information content (AvgIpc) is 3.34. The zero-order chi connectivity index (χ0) is 25.7. The molecule has 0 saturated carbocycles. The average molecular weight is 487 g/mol. The van der Waals surface area contributed by atoms with Crippen molar-refractivity contribution in [2.45, 2.75) is 40.5 Å². The molecule has 0 unspecified atom stereocenters. The number of anilines is 2. The zero-order valence-electron chi connectivity index (χ0n) is 21.0. The minimum atomic E-state index is -0.573. The van der Waals surface area contributed by atoms with E-state index in [0.29, 0.717) is 23.4 Å². The fourth-order valence-electron chi connectivity index (χ4n) is 5.64. The zero-order valence-corrected chi connectivity index (χ0v) is 21.0. The van der Waals surface area contributed by atoms with Crippen molar-refractivity contribution in [2.75, 3.05) is 16.3 Å². The van der Waals surface area contributed by atoms with Gasteiger partial charge in [-0.3, -0.25) is 19.2 Å². The number of hydrogen-bond acceptors (Lipinski definition) is 5. The van der Waals surface area contributed by atoms with Gasteiger partial charge in [0.25, 0.3) is 0 Å². The molecule has 2 aromatic carbocycles. The summed E-state index contributed by atoms with van der Waals surface area (Å²) in [7, 11) is 0. The summed E-state index contributed by atoms with van der Waals surface area (Å²) >= 11 is 0. The fourth-order valence-corrected chi connectivity index (χ4v) is 5.64. The lowest BCUT2D eigenvalue weighted by Gasteiger charge is -2.22. The van der Waals surface area contributed by atoms with Crippen molar-refractivity contribution < 1.29 is 23.9 Å². The van der Waals surface area contributed by atoms with E-state index in [-0.39, 0.29) is 48.4 Å². The number of fused-ring (bicyclic) bond motifs is 1. The van der Waals surface area contributed by atoms with E-state index in [1.54, 1.807) is 30.0 Å². The summed E-state index contributed by atoms with van der Waals surface area (Å²) in [6.07, 6.45) is 4.64. The Labute approximate surface area is 210 Å². The first-order valence-corrected chi connectivity index (χ1v) is 12.4. The molecule has 36 heavy (non-hydrogen) atoms.